The molecular weight excluding hydrogens is 244 g/mol. The monoisotopic (exact) mass is 280 g/mol. The Morgan fingerprint density at radius 2 is 1.95 bits per heavy atom. The third-order valence-corrected chi connectivity index (χ3v) is 5.44. The van der Waals surface area contributed by atoms with E-state index in [1.807, 2.05) is 0 Å². The molecule has 3 atom stereocenters. The van der Waals surface area contributed by atoms with Crippen LogP contribution in [0, 0.1) is 17.8 Å². The maximum absolute atomic E-state index is 3.86. The Balaban J connectivity index is 1.99. The summed E-state index contributed by atoms with van der Waals surface area (Å²) in [5.74, 6) is 2.59. The fraction of sp³-hybridized carbons (Fsp3) is 1.00. The summed E-state index contributed by atoms with van der Waals surface area (Å²) in [4.78, 5) is 2.86. The average Bonchev–Trinajstić information content (AvgIpc) is 3.17. The molecule has 1 aliphatic carbocycles. The molecule has 20 heavy (non-hydrogen) atoms. The van der Waals surface area contributed by atoms with Crippen LogP contribution in [0.3, 0.4) is 0 Å². The summed E-state index contributed by atoms with van der Waals surface area (Å²) in [7, 11) is 0. The number of rotatable bonds is 7. The van der Waals surface area contributed by atoms with E-state index in [4.69, 9.17) is 0 Å². The molecule has 0 radical (unpaired) electrons. The lowest BCUT2D eigenvalue weighted by Crippen LogP contribution is -2.65. The number of nitrogens with zero attached hydrogens (tertiary/aromatic N) is 1. The summed E-state index contributed by atoms with van der Waals surface area (Å²) >= 11 is 0. The van der Waals surface area contributed by atoms with Gasteiger partial charge in [0.05, 0.1) is 0 Å². The number of piperazine rings is 1. The normalized spacial score (nSPS) is 33.6. The van der Waals surface area contributed by atoms with Crippen LogP contribution in [-0.4, -0.2) is 36.1 Å². The Kier molecular flexibility index (Phi) is 5.53. The van der Waals surface area contributed by atoms with Crippen molar-refractivity contribution < 1.29 is 0 Å². The van der Waals surface area contributed by atoms with Gasteiger partial charge in [0.1, 0.15) is 0 Å². The van der Waals surface area contributed by atoms with E-state index in [2.05, 4.69) is 44.8 Å². The van der Waals surface area contributed by atoms with E-state index in [1.165, 1.54) is 51.7 Å². The van der Waals surface area contributed by atoms with Crippen molar-refractivity contribution in [2.75, 3.05) is 19.6 Å². The van der Waals surface area contributed by atoms with Crippen LogP contribution >= 0.6 is 0 Å². The quantitative estimate of drug-likeness (QED) is 0.760. The van der Waals surface area contributed by atoms with Crippen LogP contribution in [0.15, 0.2) is 0 Å². The maximum Gasteiger partial charge on any atom is 0.0334 e. The predicted octanol–water partition coefficient (Wildman–Crippen LogP) is 3.91. The van der Waals surface area contributed by atoms with Crippen LogP contribution in [0.4, 0.5) is 0 Å². The smallest absolute Gasteiger partial charge is 0.0334 e. The Hall–Kier alpha value is -0.0800. The standard InChI is InChI=1S/C18H36N2/c1-6-7-15(4)11-20-12-17(10-14(2)3)19-13-18(20,5)16-8-9-16/h14-17,19H,6-13H2,1-5H3. The summed E-state index contributed by atoms with van der Waals surface area (Å²) in [5.41, 5.74) is 0.426. The Morgan fingerprint density at radius 1 is 1.25 bits per heavy atom. The summed E-state index contributed by atoms with van der Waals surface area (Å²) in [6.07, 6.45) is 6.92. The Morgan fingerprint density at radius 3 is 2.50 bits per heavy atom. The minimum Gasteiger partial charge on any atom is -0.311 e. The van der Waals surface area contributed by atoms with Crippen LogP contribution in [0.2, 0.25) is 0 Å². The van der Waals surface area contributed by atoms with Crippen molar-refractivity contribution in [2.24, 2.45) is 17.8 Å². The summed E-state index contributed by atoms with van der Waals surface area (Å²) < 4.78 is 0. The van der Waals surface area contributed by atoms with E-state index in [0.717, 1.165) is 17.8 Å². The first-order valence-electron chi connectivity index (χ1n) is 8.94. The van der Waals surface area contributed by atoms with Crippen molar-refractivity contribution in [3.63, 3.8) is 0 Å². The lowest BCUT2D eigenvalue weighted by Gasteiger charge is -2.50. The van der Waals surface area contributed by atoms with Gasteiger partial charge in [-0.15, -0.1) is 0 Å². The molecule has 0 bridgehead atoms. The van der Waals surface area contributed by atoms with E-state index in [-0.39, 0.29) is 0 Å². The molecule has 0 aromatic heterocycles. The van der Waals surface area contributed by atoms with Gasteiger partial charge >= 0.3 is 0 Å². The second-order valence-corrected chi connectivity index (χ2v) is 8.14. The van der Waals surface area contributed by atoms with Gasteiger partial charge in [-0.2, -0.15) is 0 Å². The largest absolute Gasteiger partial charge is 0.311 e. The molecule has 2 heteroatoms. The molecule has 1 saturated heterocycles. The second-order valence-electron chi connectivity index (χ2n) is 8.14. The van der Waals surface area contributed by atoms with E-state index in [9.17, 15) is 0 Å². The highest BCUT2D eigenvalue weighted by atomic mass is 15.3. The molecule has 0 aromatic rings. The maximum atomic E-state index is 3.86. The lowest BCUT2D eigenvalue weighted by atomic mass is 9.86. The van der Waals surface area contributed by atoms with Gasteiger partial charge in [0.15, 0.2) is 0 Å². The van der Waals surface area contributed by atoms with Crippen molar-refractivity contribution in [3.8, 4) is 0 Å². The highest BCUT2D eigenvalue weighted by molar-refractivity contribution is 5.05. The van der Waals surface area contributed by atoms with Gasteiger partial charge in [0.2, 0.25) is 0 Å². The fourth-order valence-corrected chi connectivity index (χ4v) is 4.08. The van der Waals surface area contributed by atoms with Crippen molar-refractivity contribution in [2.45, 2.75) is 78.3 Å². The molecule has 2 nitrogen and oxygen atoms in total. The molecule has 1 aliphatic heterocycles. The molecule has 1 heterocycles. The van der Waals surface area contributed by atoms with Crippen molar-refractivity contribution in [1.29, 1.82) is 0 Å². The van der Waals surface area contributed by atoms with Gasteiger partial charge in [-0.25, -0.2) is 0 Å². The van der Waals surface area contributed by atoms with E-state index in [0.29, 0.717) is 11.6 Å². The third kappa shape index (κ3) is 3.98. The first-order chi connectivity index (χ1) is 9.45. The first kappa shape index (κ1) is 16.3. The van der Waals surface area contributed by atoms with Gasteiger partial charge in [0.25, 0.3) is 0 Å². The fourth-order valence-electron chi connectivity index (χ4n) is 4.08. The zero-order valence-electron chi connectivity index (χ0n) is 14.4. The van der Waals surface area contributed by atoms with Crippen LogP contribution in [0.5, 0.6) is 0 Å². The molecule has 2 rings (SSSR count). The molecular formula is C18H36N2. The third-order valence-electron chi connectivity index (χ3n) is 5.44. The molecule has 1 saturated carbocycles. The zero-order chi connectivity index (χ0) is 14.8. The highest BCUT2D eigenvalue weighted by Crippen LogP contribution is 2.44. The SMILES string of the molecule is CCCC(C)CN1CC(CC(C)C)NCC1(C)C1CC1. The van der Waals surface area contributed by atoms with Crippen LogP contribution < -0.4 is 5.32 Å². The van der Waals surface area contributed by atoms with Crippen molar-refractivity contribution in [3.05, 3.63) is 0 Å². The molecule has 2 fully saturated rings. The topological polar surface area (TPSA) is 15.3 Å². The Labute approximate surface area is 126 Å². The molecule has 118 valence electrons. The molecule has 1 N–H and O–H groups in total. The second kappa shape index (κ2) is 6.79. The minimum absolute atomic E-state index is 0.426. The van der Waals surface area contributed by atoms with Gasteiger partial charge in [0, 0.05) is 31.2 Å². The summed E-state index contributed by atoms with van der Waals surface area (Å²) in [6.45, 7) is 15.7. The number of nitrogens with one attached hydrogen (secondary N) is 1. The number of hydrogen-bond acceptors (Lipinski definition) is 2. The first-order valence-corrected chi connectivity index (χ1v) is 8.94. The van der Waals surface area contributed by atoms with Gasteiger partial charge in [-0.05, 0) is 50.4 Å². The van der Waals surface area contributed by atoms with Crippen LogP contribution in [0.1, 0.15) is 66.7 Å². The summed E-state index contributed by atoms with van der Waals surface area (Å²) in [6, 6.07) is 0.704. The van der Waals surface area contributed by atoms with Gasteiger partial charge in [-0.1, -0.05) is 34.1 Å². The number of hydrogen-bond donors (Lipinski definition) is 1. The molecule has 0 amide bonds. The predicted molar refractivity (Wildman–Crippen MR) is 88.0 cm³/mol. The zero-order valence-corrected chi connectivity index (χ0v) is 14.4. The molecule has 2 aliphatic rings. The summed E-state index contributed by atoms with van der Waals surface area (Å²) in [5, 5.41) is 3.86. The van der Waals surface area contributed by atoms with Crippen LogP contribution in [0.25, 0.3) is 0 Å². The highest BCUT2D eigenvalue weighted by Gasteiger charge is 2.48. The van der Waals surface area contributed by atoms with E-state index in [1.54, 1.807) is 0 Å². The van der Waals surface area contributed by atoms with Gasteiger partial charge < -0.3 is 5.32 Å². The molecule has 0 aromatic carbocycles. The minimum atomic E-state index is 0.426. The average molecular weight is 281 g/mol. The van der Waals surface area contributed by atoms with E-state index < -0.39 is 0 Å². The molecule has 3 unspecified atom stereocenters. The molecule has 0 spiro atoms. The van der Waals surface area contributed by atoms with Gasteiger partial charge in [-0.3, -0.25) is 4.90 Å². The van der Waals surface area contributed by atoms with E-state index >= 15 is 0 Å². The Bertz CT molecular complexity index is 298. The van der Waals surface area contributed by atoms with Crippen molar-refractivity contribution >= 4 is 0 Å². The van der Waals surface area contributed by atoms with Crippen LogP contribution in [-0.2, 0) is 0 Å². The van der Waals surface area contributed by atoms with Crippen molar-refractivity contribution in [1.82, 2.24) is 10.2 Å². The lowest BCUT2D eigenvalue weighted by molar-refractivity contribution is 0.0189.